The lowest BCUT2D eigenvalue weighted by Gasteiger charge is -2.24. The van der Waals surface area contributed by atoms with Crippen molar-refractivity contribution in [3.63, 3.8) is 0 Å². The third kappa shape index (κ3) is 7.18. The molecule has 0 amide bonds. The average Bonchev–Trinajstić information content (AvgIpc) is 2.91. The highest BCUT2D eigenvalue weighted by atomic mass is 28.3. The Balaban J connectivity index is 1.42. The summed E-state index contributed by atoms with van der Waals surface area (Å²) in [5.74, 6) is 0. The van der Waals surface area contributed by atoms with Gasteiger partial charge in [-0.15, -0.1) is 0 Å². The van der Waals surface area contributed by atoms with E-state index in [1.54, 1.807) is 12.2 Å². The first-order valence-corrected chi connectivity index (χ1v) is 15.2. The van der Waals surface area contributed by atoms with Gasteiger partial charge in [0.15, 0.2) is 0 Å². The molecule has 0 spiro atoms. The molecule has 0 nitrogen and oxygen atoms in total. The molecule has 4 aromatic rings. The van der Waals surface area contributed by atoms with Gasteiger partial charge >= 0.3 is 12.4 Å². The lowest BCUT2D eigenvalue weighted by molar-refractivity contribution is -0.138. The molecule has 4 rings (SSSR count). The van der Waals surface area contributed by atoms with Gasteiger partial charge in [-0.3, -0.25) is 0 Å². The van der Waals surface area contributed by atoms with E-state index in [9.17, 15) is 26.3 Å². The predicted molar refractivity (Wildman–Crippen MR) is 150 cm³/mol. The van der Waals surface area contributed by atoms with Crippen LogP contribution >= 0.6 is 0 Å². The Labute approximate surface area is 225 Å². The molecule has 0 fully saturated rings. The first-order chi connectivity index (χ1) is 18.3. The molecule has 0 bridgehead atoms. The van der Waals surface area contributed by atoms with E-state index < -0.39 is 31.6 Å². The van der Waals surface area contributed by atoms with Gasteiger partial charge in [0.05, 0.1) is 11.1 Å². The highest BCUT2D eigenvalue weighted by Crippen LogP contribution is 2.30. The van der Waals surface area contributed by atoms with E-state index in [0.717, 1.165) is 35.4 Å². The highest BCUT2D eigenvalue weighted by molar-refractivity contribution is 7.00. The number of hydrogen-bond acceptors (Lipinski definition) is 0. The van der Waals surface area contributed by atoms with Crippen LogP contribution < -0.4 is 10.4 Å². The Kier molecular flexibility index (Phi) is 8.02. The second-order valence-corrected chi connectivity index (χ2v) is 14.2. The first-order valence-electron chi connectivity index (χ1n) is 12.2. The van der Waals surface area contributed by atoms with Gasteiger partial charge in [-0.05, 0) is 46.5 Å². The fraction of sp³-hybridized carbons (Fsp3) is 0.125. The van der Waals surface area contributed by atoms with Crippen molar-refractivity contribution < 1.29 is 26.3 Å². The van der Waals surface area contributed by atoms with Crippen LogP contribution in [-0.4, -0.2) is 8.07 Å². The van der Waals surface area contributed by atoms with Crippen LogP contribution in [0.25, 0.3) is 24.3 Å². The van der Waals surface area contributed by atoms with Crippen molar-refractivity contribution in [3.05, 3.63) is 130 Å². The Bertz CT molecular complexity index is 1330. The zero-order valence-electron chi connectivity index (χ0n) is 21.3. The second-order valence-electron chi connectivity index (χ2n) is 9.78. The summed E-state index contributed by atoms with van der Waals surface area (Å²) in [5.41, 5.74) is 1.95. The maximum absolute atomic E-state index is 12.7. The topological polar surface area (TPSA) is 0 Å². The van der Waals surface area contributed by atoms with Gasteiger partial charge in [-0.2, -0.15) is 26.3 Å². The van der Waals surface area contributed by atoms with Crippen molar-refractivity contribution >= 4 is 42.8 Å². The zero-order valence-corrected chi connectivity index (χ0v) is 22.3. The Hall–Kier alpha value is -3.84. The first kappa shape index (κ1) is 28.2. The molecule has 0 saturated carbocycles. The van der Waals surface area contributed by atoms with Crippen LogP contribution in [0.4, 0.5) is 26.3 Å². The van der Waals surface area contributed by atoms with Crippen LogP contribution in [0.3, 0.4) is 0 Å². The van der Waals surface area contributed by atoms with E-state index in [2.05, 4.69) is 37.4 Å². The molecule has 0 aliphatic carbocycles. The standard InChI is InChI=1S/C32H26F6Si/c1-39(2,29-19-11-25(12-20-29)5-3-23-7-15-27(16-8-23)31(33,34)35)30-21-13-26(14-22-30)6-4-24-9-17-28(18-10-24)32(36,37)38/h3-22H,1-2H3. The van der Waals surface area contributed by atoms with Gasteiger partial charge in [0.2, 0.25) is 0 Å². The molecule has 7 heteroatoms. The van der Waals surface area contributed by atoms with Crippen LogP contribution in [0.2, 0.25) is 13.1 Å². The van der Waals surface area contributed by atoms with Crippen molar-refractivity contribution in [1.29, 1.82) is 0 Å². The number of alkyl halides is 6. The molecule has 0 aliphatic rings. The summed E-state index contributed by atoms with van der Waals surface area (Å²) in [4.78, 5) is 0. The Morgan fingerprint density at radius 3 is 0.872 bits per heavy atom. The molecule has 0 aliphatic heterocycles. The molecule has 200 valence electrons. The maximum atomic E-state index is 12.7. The average molecular weight is 553 g/mol. The molecule has 0 heterocycles. The van der Waals surface area contributed by atoms with Gasteiger partial charge in [0.1, 0.15) is 8.07 Å². The fourth-order valence-corrected chi connectivity index (χ4v) is 6.47. The van der Waals surface area contributed by atoms with E-state index in [4.69, 9.17) is 0 Å². The minimum absolute atomic E-state index is 0.667. The zero-order chi connectivity index (χ0) is 28.3. The Morgan fingerprint density at radius 1 is 0.410 bits per heavy atom. The summed E-state index contributed by atoms with van der Waals surface area (Å²) in [7, 11) is -1.98. The normalized spacial score (nSPS) is 12.9. The lowest BCUT2D eigenvalue weighted by atomic mass is 10.1. The molecule has 0 saturated heterocycles. The summed E-state index contributed by atoms with van der Waals surface area (Å²) in [6.45, 7) is 4.51. The molecule has 0 aromatic heterocycles. The molecular weight excluding hydrogens is 526 g/mol. The van der Waals surface area contributed by atoms with E-state index in [0.29, 0.717) is 11.1 Å². The summed E-state index contributed by atoms with van der Waals surface area (Å²) in [6.07, 6.45) is -1.37. The summed E-state index contributed by atoms with van der Waals surface area (Å²) in [5, 5.41) is 2.48. The van der Waals surface area contributed by atoms with Crippen LogP contribution in [0, 0.1) is 0 Å². The van der Waals surface area contributed by atoms with Crippen molar-refractivity contribution in [2.24, 2.45) is 0 Å². The summed E-state index contributed by atoms with van der Waals surface area (Å²) < 4.78 is 76.4. The fourth-order valence-electron chi connectivity index (χ4n) is 4.14. The van der Waals surface area contributed by atoms with Gasteiger partial charge < -0.3 is 0 Å². The van der Waals surface area contributed by atoms with Gasteiger partial charge in [0.25, 0.3) is 0 Å². The molecule has 4 aromatic carbocycles. The van der Waals surface area contributed by atoms with Crippen LogP contribution in [0.1, 0.15) is 33.4 Å². The molecular formula is C32H26F6Si. The molecule has 0 N–H and O–H groups in total. The maximum Gasteiger partial charge on any atom is 0.416 e. The van der Waals surface area contributed by atoms with Gasteiger partial charge in [-0.1, -0.05) is 121 Å². The van der Waals surface area contributed by atoms with Gasteiger partial charge in [-0.25, -0.2) is 0 Å². The van der Waals surface area contributed by atoms with Crippen molar-refractivity contribution in [2.75, 3.05) is 0 Å². The summed E-state index contributed by atoms with van der Waals surface area (Å²) >= 11 is 0. The number of benzene rings is 4. The third-order valence-electron chi connectivity index (χ3n) is 6.68. The number of rotatable bonds is 6. The smallest absolute Gasteiger partial charge is 0.166 e. The van der Waals surface area contributed by atoms with Crippen LogP contribution in [-0.2, 0) is 12.4 Å². The largest absolute Gasteiger partial charge is 0.416 e. The lowest BCUT2D eigenvalue weighted by Crippen LogP contribution is -2.52. The van der Waals surface area contributed by atoms with Gasteiger partial charge in [0, 0.05) is 0 Å². The molecule has 39 heavy (non-hydrogen) atoms. The monoisotopic (exact) mass is 552 g/mol. The van der Waals surface area contributed by atoms with Crippen molar-refractivity contribution in [3.8, 4) is 0 Å². The number of hydrogen-bond donors (Lipinski definition) is 0. The quantitative estimate of drug-likeness (QED) is 0.127. The van der Waals surface area contributed by atoms with E-state index in [1.807, 2.05) is 36.4 Å². The van der Waals surface area contributed by atoms with E-state index in [1.165, 1.54) is 34.6 Å². The minimum Gasteiger partial charge on any atom is -0.166 e. The molecule has 0 atom stereocenters. The van der Waals surface area contributed by atoms with Crippen molar-refractivity contribution in [1.82, 2.24) is 0 Å². The third-order valence-corrected chi connectivity index (χ3v) is 10.2. The van der Waals surface area contributed by atoms with Crippen molar-refractivity contribution in [2.45, 2.75) is 25.4 Å². The Morgan fingerprint density at radius 2 is 0.641 bits per heavy atom. The van der Waals surface area contributed by atoms with Crippen LogP contribution in [0.5, 0.6) is 0 Å². The minimum atomic E-state index is -4.35. The van der Waals surface area contributed by atoms with E-state index in [-0.39, 0.29) is 0 Å². The number of halogens is 6. The van der Waals surface area contributed by atoms with Crippen LogP contribution in [0.15, 0.2) is 97.1 Å². The SMILES string of the molecule is C[Si](C)(c1ccc(C=Cc2ccc(C(F)(F)F)cc2)cc1)c1ccc(C=Cc2ccc(C(F)(F)F)cc2)cc1. The van der Waals surface area contributed by atoms with E-state index >= 15 is 0 Å². The molecule has 0 unspecified atom stereocenters. The summed E-state index contributed by atoms with van der Waals surface area (Å²) in [6, 6.07) is 26.5. The highest BCUT2D eigenvalue weighted by Gasteiger charge is 2.30. The predicted octanol–water partition coefficient (Wildman–Crippen LogP) is 8.89. The second kappa shape index (κ2) is 11.1. The molecule has 0 radical (unpaired) electrons.